The van der Waals surface area contributed by atoms with Crippen LogP contribution in [0.4, 0.5) is 0 Å². The molecule has 1 atom stereocenters. The van der Waals surface area contributed by atoms with E-state index in [0.717, 1.165) is 0 Å². The lowest BCUT2D eigenvalue weighted by Gasteiger charge is -2.12. The van der Waals surface area contributed by atoms with Crippen molar-refractivity contribution in [1.29, 1.82) is 5.26 Å². The molecule has 0 saturated carbocycles. The number of carbonyl (C=O) groups is 1. The molecule has 1 rings (SSSR count). The second-order valence-corrected chi connectivity index (χ2v) is 3.59. The molecule has 6 heteroatoms. The average Bonchev–Trinajstić information content (AvgIpc) is 2.74. The van der Waals surface area contributed by atoms with E-state index in [-0.39, 0.29) is 5.70 Å². The first-order valence-electron chi connectivity index (χ1n) is 5.16. The molecule has 1 aliphatic heterocycles. The van der Waals surface area contributed by atoms with Crippen LogP contribution in [0, 0.1) is 11.3 Å². The fraction of sp³-hybridized carbons (Fsp3) is 0.455. The second kappa shape index (κ2) is 5.80. The first kappa shape index (κ1) is 12.9. The Balaban J connectivity index is 2.95. The summed E-state index contributed by atoms with van der Waals surface area (Å²) < 4.78 is 4.94. The van der Waals surface area contributed by atoms with Crippen molar-refractivity contribution >= 4 is 5.97 Å². The molecule has 0 amide bonds. The van der Waals surface area contributed by atoms with E-state index in [9.17, 15) is 4.79 Å². The molecule has 90 valence electrons. The van der Waals surface area contributed by atoms with Crippen LogP contribution in [0.15, 0.2) is 33.8 Å². The molecule has 0 saturated heterocycles. The van der Waals surface area contributed by atoms with Gasteiger partial charge in [0.1, 0.15) is 12.1 Å². The number of ether oxygens (including phenoxy) is 1. The summed E-state index contributed by atoms with van der Waals surface area (Å²) in [6, 6.07) is 1.34. The lowest BCUT2D eigenvalue weighted by molar-refractivity contribution is -0.138. The van der Waals surface area contributed by atoms with Crippen molar-refractivity contribution in [2.24, 2.45) is 10.2 Å². The highest BCUT2D eigenvalue weighted by atomic mass is 16.5. The summed E-state index contributed by atoms with van der Waals surface area (Å²) in [6.07, 6.45) is 3.16. The molecule has 0 aromatic rings. The van der Waals surface area contributed by atoms with Gasteiger partial charge in [0.2, 0.25) is 0 Å². The molecule has 1 unspecified atom stereocenters. The maximum Gasteiger partial charge on any atom is 0.338 e. The normalized spacial score (nSPS) is 18.6. The molecule has 1 aliphatic rings. The van der Waals surface area contributed by atoms with Crippen LogP contribution in [0.25, 0.3) is 0 Å². The predicted octanol–water partition coefficient (Wildman–Crippen LogP) is 1.24. The van der Waals surface area contributed by atoms with Crippen LogP contribution in [0.1, 0.15) is 6.92 Å². The monoisotopic (exact) mass is 234 g/mol. The summed E-state index contributed by atoms with van der Waals surface area (Å²) in [5.41, 5.74) is 0.579. The number of rotatable bonds is 4. The molecule has 0 spiro atoms. The number of esters is 1. The molecule has 0 aromatic heterocycles. The van der Waals surface area contributed by atoms with Gasteiger partial charge in [-0.25, -0.2) is 4.79 Å². The predicted molar refractivity (Wildman–Crippen MR) is 60.7 cm³/mol. The van der Waals surface area contributed by atoms with Crippen LogP contribution in [-0.4, -0.2) is 37.6 Å². The Morgan fingerprint density at radius 2 is 2.41 bits per heavy atom. The summed E-state index contributed by atoms with van der Waals surface area (Å²) in [5, 5.41) is 16.2. The maximum absolute atomic E-state index is 11.7. The van der Waals surface area contributed by atoms with Gasteiger partial charge in [0, 0.05) is 20.3 Å². The summed E-state index contributed by atoms with van der Waals surface area (Å²) in [6.45, 7) is 2.03. The van der Waals surface area contributed by atoms with Crippen molar-refractivity contribution in [1.82, 2.24) is 4.90 Å². The van der Waals surface area contributed by atoms with Crippen molar-refractivity contribution in [3.63, 3.8) is 0 Å². The minimum absolute atomic E-state index is 0.212. The SMILES string of the molecule is CCOC(=O)C(=CN(C)C)C1C=C(C#N)N=N1. The van der Waals surface area contributed by atoms with Gasteiger partial charge in [-0.1, -0.05) is 0 Å². The summed E-state index contributed by atoms with van der Waals surface area (Å²) in [5.74, 6) is -0.444. The standard InChI is InChI=1S/C11H14N4O2/c1-4-17-11(16)9(7-15(2)3)10-5-8(6-12)13-14-10/h5,7,10H,4H2,1-3H3. The van der Waals surface area contributed by atoms with Crippen molar-refractivity contribution in [2.75, 3.05) is 20.7 Å². The molecule has 0 aromatic carbocycles. The van der Waals surface area contributed by atoms with Crippen LogP contribution in [0.2, 0.25) is 0 Å². The average molecular weight is 234 g/mol. The van der Waals surface area contributed by atoms with Crippen LogP contribution < -0.4 is 0 Å². The minimum atomic E-state index is -0.536. The smallest absolute Gasteiger partial charge is 0.338 e. The van der Waals surface area contributed by atoms with Gasteiger partial charge in [0.25, 0.3) is 0 Å². The minimum Gasteiger partial charge on any atom is -0.463 e. The molecular weight excluding hydrogens is 220 g/mol. The largest absolute Gasteiger partial charge is 0.463 e. The third kappa shape index (κ3) is 3.41. The zero-order valence-electron chi connectivity index (χ0n) is 10.0. The van der Waals surface area contributed by atoms with E-state index in [0.29, 0.717) is 12.2 Å². The second-order valence-electron chi connectivity index (χ2n) is 3.59. The van der Waals surface area contributed by atoms with Gasteiger partial charge in [-0.15, -0.1) is 5.11 Å². The third-order valence-corrected chi connectivity index (χ3v) is 1.95. The Bertz CT molecular complexity index is 429. The highest BCUT2D eigenvalue weighted by Gasteiger charge is 2.24. The van der Waals surface area contributed by atoms with Gasteiger partial charge < -0.3 is 9.64 Å². The van der Waals surface area contributed by atoms with E-state index in [1.54, 1.807) is 32.1 Å². The lowest BCUT2D eigenvalue weighted by Crippen LogP contribution is -2.19. The number of allylic oxidation sites excluding steroid dienone is 1. The van der Waals surface area contributed by atoms with Crippen molar-refractivity contribution < 1.29 is 9.53 Å². The van der Waals surface area contributed by atoms with E-state index in [1.807, 2.05) is 6.07 Å². The Morgan fingerprint density at radius 1 is 1.71 bits per heavy atom. The highest BCUT2D eigenvalue weighted by molar-refractivity contribution is 5.90. The Hall–Kier alpha value is -2.16. The Kier molecular flexibility index (Phi) is 4.40. The molecule has 0 bridgehead atoms. The zero-order valence-corrected chi connectivity index (χ0v) is 10.0. The molecule has 17 heavy (non-hydrogen) atoms. The maximum atomic E-state index is 11.7. The highest BCUT2D eigenvalue weighted by Crippen LogP contribution is 2.20. The summed E-state index contributed by atoms with van der Waals surface area (Å²) >= 11 is 0. The lowest BCUT2D eigenvalue weighted by atomic mass is 10.1. The molecule has 0 fully saturated rings. The van der Waals surface area contributed by atoms with Crippen molar-refractivity contribution in [3.8, 4) is 6.07 Å². The molecule has 0 aliphatic carbocycles. The van der Waals surface area contributed by atoms with E-state index >= 15 is 0 Å². The number of azo groups is 1. The van der Waals surface area contributed by atoms with Crippen LogP contribution >= 0.6 is 0 Å². The third-order valence-electron chi connectivity index (χ3n) is 1.95. The topological polar surface area (TPSA) is 78.0 Å². The molecule has 0 N–H and O–H groups in total. The van der Waals surface area contributed by atoms with Gasteiger partial charge in [0.05, 0.1) is 12.2 Å². The van der Waals surface area contributed by atoms with Gasteiger partial charge >= 0.3 is 5.97 Å². The van der Waals surface area contributed by atoms with Crippen LogP contribution in [0.5, 0.6) is 0 Å². The van der Waals surface area contributed by atoms with Gasteiger partial charge in [-0.3, -0.25) is 0 Å². The first-order chi connectivity index (χ1) is 8.08. The molecule has 6 nitrogen and oxygen atoms in total. The number of nitriles is 1. The Labute approximate surface area is 99.9 Å². The first-order valence-corrected chi connectivity index (χ1v) is 5.16. The van der Waals surface area contributed by atoms with Gasteiger partial charge in [-0.05, 0) is 13.0 Å². The van der Waals surface area contributed by atoms with E-state index < -0.39 is 12.0 Å². The fourth-order valence-corrected chi connectivity index (χ4v) is 1.29. The fourth-order valence-electron chi connectivity index (χ4n) is 1.29. The molecule has 1 heterocycles. The zero-order chi connectivity index (χ0) is 12.8. The molecule has 0 radical (unpaired) electrons. The van der Waals surface area contributed by atoms with Crippen LogP contribution in [-0.2, 0) is 9.53 Å². The van der Waals surface area contributed by atoms with Crippen molar-refractivity contribution in [3.05, 3.63) is 23.5 Å². The number of hydrogen-bond acceptors (Lipinski definition) is 6. The molecular formula is C11H14N4O2. The Morgan fingerprint density at radius 3 is 2.88 bits per heavy atom. The van der Waals surface area contributed by atoms with E-state index in [4.69, 9.17) is 10.00 Å². The number of carbonyl (C=O) groups excluding carboxylic acids is 1. The van der Waals surface area contributed by atoms with Crippen molar-refractivity contribution in [2.45, 2.75) is 13.0 Å². The van der Waals surface area contributed by atoms with E-state index in [1.165, 1.54) is 6.08 Å². The van der Waals surface area contributed by atoms with Crippen LogP contribution in [0.3, 0.4) is 0 Å². The summed E-state index contributed by atoms with van der Waals surface area (Å²) in [7, 11) is 3.58. The quantitative estimate of drug-likeness (QED) is 0.541. The number of hydrogen-bond donors (Lipinski definition) is 0. The van der Waals surface area contributed by atoms with E-state index in [2.05, 4.69) is 10.2 Å². The van der Waals surface area contributed by atoms with Gasteiger partial charge in [-0.2, -0.15) is 10.4 Å². The number of nitrogens with zero attached hydrogens (tertiary/aromatic N) is 4. The van der Waals surface area contributed by atoms with Gasteiger partial charge in [0.15, 0.2) is 5.70 Å². The summed E-state index contributed by atoms with van der Waals surface area (Å²) in [4.78, 5) is 13.5.